The van der Waals surface area contributed by atoms with Crippen LogP contribution in [0.15, 0.2) is 59.8 Å². The van der Waals surface area contributed by atoms with Gasteiger partial charge in [0.25, 0.3) is 0 Å². The number of hydrogen-bond acceptors (Lipinski definition) is 5. The van der Waals surface area contributed by atoms with E-state index in [1.165, 1.54) is 17.3 Å². The number of ether oxygens (including phenoxy) is 1. The van der Waals surface area contributed by atoms with Crippen LogP contribution < -0.4 is 10.1 Å². The standard InChI is InChI=1S/C21H24N4O2S/c1-15(20(26)22-13-17-9-11-19(27-3)12-10-17)28-21-24-23-16(2)25(21)14-18-7-5-4-6-8-18/h4-12,15H,13-14H2,1-3H3,(H,22,26)/t15-/m0/s1. The molecule has 0 unspecified atom stereocenters. The second kappa shape index (κ2) is 9.41. The van der Waals surface area contributed by atoms with E-state index in [2.05, 4.69) is 27.6 Å². The number of benzene rings is 2. The summed E-state index contributed by atoms with van der Waals surface area (Å²) in [6.07, 6.45) is 0. The lowest BCUT2D eigenvalue weighted by Gasteiger charge is -2.13. The van der Waals surface area contributed by atoms with Gasteiger partial charge in [-0.2, -0.15) is 0 Å². The van der Waals surface area contributed by atoms with Gasteiger partial charge in [0.2, 0.25) is 5.91 Å². The molecular weight excluding hydrogens is 372 g/mol. The number of methoxy groups -OCH3 is 1. The Balaban J connectivity index is 1.59. The van der Waals surface area contributed by atoms with Crippen LogP contribution in [0.25, 0.3) is 0 Å². The lowest BCUT2D eigenvalue weighted by atomic mass is 10.2. The zero-order valence-electron chi connectivity index (χ0n) is 16.3. The van der Waals surface area contributed by atoms with Crippen molar-refractivity contribution in [1.82, 2.24) is 20.1 Å². The maximum atomic E-state index is 12.5. The molecule has 0 aliphatic carbocycles. The van der Waals surface area contributed by atoms with Gasteiger partial charge in [0.05, 0.1) is 18.9 Å². The third kappa shape index (κ3) is 5.13. The highest BCUT2D eigenvalue weighted by atomic mass is 32.2. The van der Waals surface area contributed by atoms with Crippen molar-refractivity contribution in [2.45, 2.75) is 37.3 Å². The molecule has 0 bridgehead atoms. The Morgan fingerprint density at radius 1 is 1.11 bits per heavy atom. The van der Waals surface area contributed by atoms with Gasteiger partial charge in [-0.05, 0) is 37.1 Å². The SMILES string of the molecule is COc1ccc(CNC(=O)[C@H](C)Sc2nnc(C)n2Cc2ccccc2)cc1. The number of rotatable bonds is 8. The summed E-state index contributed by atoms with van der Waals surface area (Å²) in [4.78, 5) is 12.5. The van der Waals surface area contributed by atoms with Crippen LogP contribution >= 0.6 is 11.8 Å². The molecule has 0 aliphatic heterocycles. The van der Waals surface area contributed by atoms with E-state index in [0.29, 0.717) is 13.1 Å². The summed E-state index contributed by atoms with van der Waals surface area (Å²) in [5.74, 6) is 1.59. The average molecular weight is 397 g/mol. The van der Waals surface area contributed by atoms with Crippen LogP contribution in [0.1, 0.15) is 23.9 Å². The first kappa shape index (κ1) is 19.9. The predicted octanol–water partition coefficient (Wildman–Crippen LogP) is 3.44. The van der Waals surface area contributed by atoms with E-state index in [1.807, 2.05) is 60.9 Å². The Morgan fingerprint density at radius 2 is 1.82 bits per heavy atom. The number of nitrogens with zero attached hydrogens (tertiary/aromatic N) is 3. The zero-order chi connectivity index (χ0) is 19.9. The number of amides is 1. The van der Waals surface area contributed by atoms with Gasteiger partial charge >= 0.3 is 0 Å². The molecule has 0 radical (unpaired) electrons. The second-order valence-corrected chi connectivity index (χ2v) is 7.74. The molecule has 7 heteroatoms. The third-order valence-corrected chi connectivity index (χ3v) is 5.44. The molecule has 1 amide bonds. The van der Waals surface area contributed by atoms with Gasteiger partial charge in [0, 0.05) is 6.54 Å². The summed E-state index contributed by atoms with van der Waals surface area (Å²) in [5.41, 5.74) is 2.19. The summed E-state index contributed by atoms with van der Waals surface area (Å²) in [6, 6.07) is 17.8. The topological polar surface area (TPSA) is 69.0 Å². The molecule has 28 heavy (non-hydrogen) atoms. The van der Waals surface area contributed by atoms with Crippen LogP contribution in [0, 0.1) is 6.92 Å². The van der Waals surface area contributed by atoms with Gasteiger partial charge < -0.3 is 14.6 Å². The molecule has 0 aliphatic rings. The number of aromatic nitrogens is 3. The fourth-order valence-electron chi connectivity index (χ4n) is 2.68. The molecule has 0 saturated heterocycles. The summed E-state index contributed by atoms with van der Waals surface area (Å²) >= 11 is 1.42. The van der Waals surface area contributed by atoms with Crippen molar-refractivity contribution in [1.29, 1.82) is 0 Å². The van der Waals surface area contributed by atoms with E-state index >= 15 is 0 Å². The fraction of sp³-hybridized carbons (Fsp3) is 0.286. The van der Waals surface area contributed by atoms with E-state index in [-0.39, 0.29) is 11.2 Å². The largest absolute Gasteiger partial charge is 0.497 e. The van der Waals surface area contributed by atoms with Crippen molar-refractivity contribution >= 4 is 17.7 Å². The number of carbonyl (C=O) groups is 1. The predicted molar refractivity (Wildman–Crippen MR) is 110 cm³/mol. The van der Waals surface area contributed by atoms with Gasteiger partial charge in [-0.25, -0.2) is 0 Å². The minimum absolute atomic E-state index is 0.0345. The minimum Gasteiger partial charge on any atom is -0.497 e. The molecule has 0 spiro atoms. The highest BCUT2D eigenvalue weighted by Crippen LogP contribution is 2.23. The fourth-order valence-corrected chi connectivity index (χ4v) is 3.60. The molecule has 1 atom stereocenters. The van der Waals surface area contributed by atoms with Crippen molar-refractivity contribution in [2.24, 2.45) is 0 Å². The van der Waals surface area contributed by atoms with Gasteiger partial charge in [0.1, 0.15) is 11.6 Å². The maximum absolute atomic E-state index is 12.5. The molecule has 6 nitrogen and oxygen atoms in total. The quantitative estimate of drug-likeness (QED) is 0.591. The van der Waals surface area contributed by atoms with E-state index in [1.54, 1.807) is 7.11 Å². The smallest absolute Gasteiger partial charge is 0.233 e. The molecule has 0 saturated carbocycles. The summed E-state index contributed by atoms with van der Waals surface area (Å²) < 4.78 is 7.18. The van der Waals surface area contributed by atoms with Crippen molar-refractivity contribution in [3.05, 3.63) is 71.5 Å². The lowest BCUT2D eigenvalue weighted by Crippen LogP contribution is -2.30. The molecule has 3 aromatic rings. The lowest BCUT2D eigenvalue weighted by molar-refractivity contribution is -0.120. The summed E-state index contributed by atoms with van der Waals surface area (Å²) in [5, 5.41) is 11.9. The molecule has 1 N–H and O–H groups in total. The molecule has 1 heterocycles. The number of thioether (sulfide) groups is 1. The van der Waals surface area contributed by atoms with Gasteiger partial charge in [-0.1, -0.05) is 54.2 Å². The van der Waals surface area contributed by atoms with Gasteiger partial charge in [-0.15, -0.1) is 10.2 Å². The van der Waals surface area contributed by atoms with E-state index in [9.17, 15) is 4.79 Å². The van der Waals surface area contributed by atoms with Crippen LogP contribution in [-0.4, -0.2) is 33.0 Å². The maximum Gasteiger partial charge on any atom is 0.233 e. The molecule has 146 valence electrons. The van der Waals surface area contributed by atoms with Crippen molar-refractivity contribution in [3.8, 4) is 5.75 Å². The van der Waals surface area contributed by atoms with E-state index < -0.39 is 0 Å². The Labute approximate surface area is 169 Å². The zero-order valence-corrected chi connectivity index (χ0v) is 17.1. The normalized spacial score (nSPS) is 11.8. The van der Waals surface area contributed by atoms with E-state index in [0.717, 1.165) is 22.3 Å². The number of hydrogen-bond donors (Lipinski definition) is 1. The van der Waals surface area contributed by atoms with Crippen LogP contribution in [0.5, 0.6) is 5.75 Å². The first-order valence-corrected chi connectivity index (χ1v) is 9.96. The second-order valence-electron chi connectivity index (χ2n) is 6.43. The molecule has 1 aromatic heterocycles. The van der Waals surface area contributed by atoms with Crippen LogP contribution in [0.2, 0.25) is 0 Å². The third-order valence-electron chi connectivity index (χ3n) is 4.36. The Morgan fingerprint density at radius 3 is 2.50 bits per heavy atom. The monoisotopic (exact) mass is 396 g/mol. The van der Waals surface area contributed by atoms with Gasteiger partial charge in [-0.3, -0.25) is 4.79 Å². The number of aryl methyl sites for hydroxylation is 1. The molecule has 2 aromatic carbocycles. The first-order valence-electron chi connectivity index (χ1n) is 9.08. The van der Waals surface area contributed by atoms with E-state index in [4.69, 9.17) is 4.74 Å². The van der Waals surface area contributed by atoms with Crippen LogP contribution in [0.4, 0.5) is 0 Å². The van der Waals surface area contributed by atoms with Crippen LogP contribution in [0.3, 0.4) is 0 Å². The summed E-state index contributed by atoms with van der Waals surface area (Å²) in [7, 11) is 1.63. The van der Waals surface area contributed by atoms with Crippen LogP contribution in [-0.2, 0) is 17.9 Å². The number of nitrogens with one attached hydrogen (secondary N) is 1. The van der Waals surface area contributed by atoms with Gasteiger partial charge in [0.15, 0.2) is 5.16 Å². The Kier molecular flexibility index (Phi) is 6.71. The molecule has 3 rings (SSSR count). The molecular formula is C21H24N4O2S. The average Bonchev–Trinajstić information content (AvgIpc) is 3.06. The summed E-state index contributed by atoms with van der Waals surface area (Å²) in [6.45, 7) is 4.96. The highest BCUT2D eigenvalue weighted by Gasteiger charge is 2.19. The van der Waals surface area contributed by atoms with Crippen molar-refractivity contribution in [2.75, 3.05) is 7.11 Å². The Bertz CT molecular complexity index is 910. The minimum atomic E-state index is -0.281. The molecule has 0 fully saturated rings. The highest BCUT2D eigenvalue weighted by molar-refractivity contribution is 8.00. The first-order chi connectivity index (χ1) is 13.6. The Hall–Kier alpha value is -2.80. The van der Waals surface area contributed by atoms with Crippen molar-refractivity contribution in [3.63, 3.8) is 0 Å². The van der Waals surface area contributed by atoms with Crippen molar-refractivity contribution < 1.29 is 9.53 Å². The number of carbonyl (C=O) groups excluding carboxylic acids is 1.